The van der Waals surface area contributed by atoms with Crippen LogP contribution < -0.4 is 25.0 Å². The van der Waals surface area contributed by atoms with Crippen LogP contribution in [0.3, 0.4) is 0 Å². The number of hydrogen-bond acceptors (Lipinski definition) is 6. The Bertz CT molecular complexity index is 1040. The van der Waals surface area contributed by atoms with Gasteiger partial charge in [0, 0.05) is 17.3 Å². The summed E-state index contributed by atoms with van der Waals surface area (Å²) in [6.07, 6.45) is 1.57. The van der Waals surface area contributed by atoms with E-state index in [1.165, 1.54) is 0 Å². The van der Waals surface area contributed by atoms with Crippen molar-refractivity contribution in [2.75, 3.05) is 18.7 Å². The van der Waals surface area contributed by atoms with Crippen LogP contribution in [0.25, 0.3) is 0 Å². The zero-order chi connectivity index (χ0) is 20.6. The SMILES string of the molecule is O=C(CNc1ccc2c(c1)OCO2)N/N=C/c1ccccc1OCc1ccccc1. The minimum Gasteiger partial charge on any atom is -0.488 e. The van der Waals surface area contributed by atoms with Crippen molar-refractivity contribution in [2.24, 2.45) is 5.10 Å². The molecule has 0 aliphatic carbocycles. The second kappa shape index (κ2) is 9.47. The fourth-order valence-corrected chi connectivity index (χ4v) is 2.86. The molecule has 2 N–H and O–H groups in total. The summed E-state index contributed by atoms with van der Waals surface area (Å²) in [7, 11) is 0. The minimum atomic E-state index is -0.272. The molecule has 7 nitrogen and oxygen atoms in total. The molecule has 3 aromatic rings. The summed E-state index contributed by atoms with van der Waals surface area (Å²) in [6, 6.07) is 22.9. The summed E-state index contributed by atoms with van der Waals surface area (Å²) in [5, 5.41) is 7.06. The largest absolute Gasteiger partial charge is 0.488 e. The van der Waals surface area contributed by atoms with Crippen molar-refractivity contribution < 1.29 is 19.0 Å². The number of ether oxygens (including phenoxy) is 3. The maximum Gasteiger partial charge on any atom is 0.259 e. The van der Waals surface area contributed by atoms with E-state index in [0.717, 1.165) is 16.8 Å². The van der Waals surface area contributed by atoms with E-state index in [0.29, 0.717) is 23.9 Å². The molecule has 7 heteroatoms. The van der Waals surface area contributed by atoms with E-state index < -0.39 is 0 Å². The van der Waals surface area contributed by atoms with Crippen molar-refractivity contribution in [3.05, 3.63) is 83.9 Å². The van der Waals surface area contributed by atoms with E-state index in [1.54, 1.807) is 18.3 Å². The van der Waals surface area contributed by atoms with E-state index in [-0.39, 0.29) is 19.2 Å². The number of carbonyl (C=O) groups is 1. The molecular weight excluding hydrogens is 382 g/mol. The lowest BCUT2D eigenvalue weighted by Gasteiger charge is -2.09. The quantitative estimate of drug-likeness (QED) is 0.444. The number of benzene rings is 3. The molecular formula is C23H21N3O4. The normalized spacial score (nSPS) is 12.0. The maximum absolute atomic E-state index is 12.1. The Morgan fingerprint density at radius 2 is 1.80 bits per heavy atom. The molecule has 0 bridgehead atoms. The number of nitrogens with zero attached hydrogens (tertiary/aromatic N) is 1. The van der Waals surface area contributed by atoms with Gasteiger partial charge in [-0.15, -0.1) is 0 Å². The first-order valence-electron chi connectivity index (χ1n) is 9.49. The van der Waals surface area contributed by atoms with Crippen LogP contribution in [0.4, 0.5) is 5.69 Å². The van der Waals surface area contributed by atoms with Crippen LogP contribution >= 0.6 is 0 Å². The van der Waals surface area contributed by atoms with Crippen molar-refractivity contribution in [1.82, 2.24) is 5.43 Å². The molecule has 0 fully saturated rings. The molecule has 1 heterocycles. The van der Waals surface area contributed by atoms with E-state index in [1.807, 2.05) is 60.7 Å². The molecule has 0 radical (unpaired) electrons. The van der Waals surface area contributed by atoms with E-state index in [4.69, 9.17) is 14.2 Å². The summed E-state index contributed by atoms with van der Waals surface area (Å²) in [6.45, 7) is 0.741. The zero-order valence-corrected chi connectivity index (χ0v) is 16.2. The van der Waals surface area contributed by atoms with Crippen molar-refractivity contribution in [3.63, 3.8) is 0 Å². The molecule has 1 aliphatic rings. The van der Waals surface area contributed by atoms with Crippen molar-refractivity contribution in [2.45, 2.75) is 6.61 Å². The molecule has 1 amide bonds. The highest BCUT2D eigenvalue weighted by Crippen LogP contribution is 2.34. The van der Waals surface area contributed by atoms with Gasteiger partial charge >= 0.3 is 0 Å². The minimum absolute atomic E-state index is 0.0726. The van der Waals surface area contributed by atoms with Gasteiger partial charge in [-0.3, -0.25) is 4.79 Å². The number of hydrazone groups is 1. The zero-order valence-electron chi connectivity index (χ0n) is 16.2. The van der Waals surface area contributed by atoms with Crippen molar-refractivity contribution >= 4 is 17.8 Å². The third kappa shape index (κ3) is 5.08. The number of amides is 1. The van der Waals surface area contributed by atoms with Gasteiger partial charge in [-0.25, -0.2) is 5.43 Å². The van der Waals surface area contributed by atoms with Gasteiger partial charge in [0.05, 0.1) is 12.8 Å². The molecule has 3 aromatic carbocycles. The first-order chi connectivity index (χ1) is 14.8. The van der Waals surface area contributed by atoms with Crippen LogP contribution in [-0.2, 0) is 11.4 Å². The molecule has 0 saturated heterocycles. The van der Waals surface area contributed by atoms with Crippen LogP contribution in [-0.4, -0.2) is 25.5 Å². The topological polar surface area (TPSA) is 81.2 Å². The van der Waals surface area contributed by atoms with E-state index in [2.05, 4.69) is 15.8 Å². The highest BCUT2D eigenvalue weighted by Gasteiger charge is 2.13. The van der Waals surface area contributed by atoms with Gasteiger partial charge in [-0.05, 0) is 29.8 Å². The highest BCUT2D eigenvalue weighted by atomic mass is 16.7. The van der Waals surface area contributed by atoms with Crippen LogP contribution in [0.15, 0.2) is 77.9 Å². The fourth-order valence-electron chi connectivity index (χ4n) is 2.86. The van der Waals surface area contributed by atoms with Crippen molar-refractivity contribution in [3.8, 4) is 17.2 Å². The average Bonchev–Trinajstić information content (AvgIpc) is 3.26. The van der Waals surface area contributed by atoms with Crippen LogP contribution in [0, 0.1) is 0 Å². The van der Waals surface area contributed by atoms with Crippen molar-refractivity contribution in [1.29, 1.82) is 0 Å². The predicted octanol–water partition coefficient (Wildman–Crippen LogP) is 3.56. The number of fused-ring (bicyclic) bond motifs is 1. The molecule has 0 aromatic heterocycles. The number of hydrogen-bond donors (Lipinski definition) is 2. The number of carbonyl (C=O) groups excluding carboxylic acids is 1. The number of para-hydroxylation sites is 1. The fraction of sp³-hybridized carbons (Fsp3) is 0.130. The molecule has 30 heavy (non-hydrogen) atoms. The Kier molecular flexibility index (Phi) is 6.10. The second-order valence-electron chi connectivity index (χ2n) is 6.53. The lowest BCUT2D eigenvalue weighted by atomic mass is 10.2. The summed E-state index contributed by atoms with van der Waals surface area (Å²) < 4.78 is 16.5. The van der Waals surface area contributed by atoms with Crippen LogP contribution in [0.5, 0.6) is 17.2 Å². The molecule has 0 saturated carbocycles. The van der Waals surface area contributed by atoms with E-state index >= 15 is 0 Å². The number of nitrogens with one attached hydrogen (secondary N) is 2. The standard InChI is InChI=1S/C23H21N3O4/c27-23(14-24-19-10-11-21-22(12-19)30-16-29-21)26-25-13-18-8-4-5-9-20(18)28-15-17-6-2-1-3-7-17/h1-13,24H,14-16H2,(H,26,27)/b25-13+. The first-order valence-corrected chi connectivity index (χ1v) is 9.49. The number of rotatable bonds is 8. The van der Waals surface area contributed by atoms with Gasteiger partial charge in [0.25, 0.3) is 5.91 Å². The molecule has 1 aliphatic heterocycles. The summed E-state index contributed by atoms with van der Waals surface area (Å²) in [4.78, 5) is 12.1. The first kappa shape index (κ1) is 19.3. The Morgan fingerprint density at radius 3 is 2.70 bits per heavy atom. The predicted molar refractivity (Wildman–Crippen MR) is 114 cm³/mol. The summed E-state index contributed by atoms with van der Waals surface area (Å²) in [5.74, 6) is 1.78. The lowest BCUT2D eigenvalue weighted by molar-refractivity contribution is -0.119. The molecule has 4 rings (SSSR count). The molecule has 0 atom stereocenters. The molecule has 0 unspecified atom stereocenters. The van der Waals surface area contributed by atoms with Gasteiger partial charge in [0.1, 0.15) is 12.4 Å². The van der Waals surface area contributed by atoms with Crippen LogP contribution in [0.1, 0.15) is 11.1 Å². The summed E-state index contributed by atoms with van der Waals surface area (Å²) in [5.41, 5.74) is 5.12. The Hall–Kier alpha value is -4.00. The third-order valence-electron chi connectivity index (χ3n) is 4.37. The molecule has 0 spiro atoms. The van der Waals surface area contributed by atoms with Gasteiger partial charge in [-0.2, -0.15) is 5.10 Å². The smallest absolute Gasteiger partial charge is 0.259 e. The Balaban J connectivity index is 1.28. The monoisotopic (exact) mass is 403 g/mol. The third-order valence-corrected chi connectivity index (χ3v) is 4.37. The lowest BCUT2D eigenvalue weighted by Crippen LogP contribution is -2.25. The van der Waals surface area contributed by atoms with Gasteiger partial charge in [0.2, 0.25) is 6.79 Å². The van der Waals surface area contributed by atoms with Gasteiger partial charge < -0.3 is 19.5 Å². The maximum atomic E-state index is 12.1. The van der Waals surface area contributed by atoms with Gasteiger partial charge in [-0.1, -0.05) is 42.5 Å². The highest BCUT2D eigenvalue weighted by molar-refractivity contribution is 5.86. The molecule has 152 valence electrons. The average molecular weight is 403 g/mol. The Morgan fingerprint density at radius 1 is 1.00 bits per heavy atom. The second-order valence-corrected chi connectivity index (χ2v) is 6.53. The Labute approximate surface area is 174 Å². The van der Waals surface area contributed by atoms with Gasteiger partial charge in [0.15, 0.2) is 11.5 Å². The van der Waals surface area contributed by atoms with Crippen LogP contribution in [0.2, 0.25) is 0 Å². The number of anilines is 1. The summed E-state index contributed by atoms with van der Waals surface area (Å²) >= 11 is 0. The van der Waals surface area contributed by atoms with E-state index in [9.17, 15) is 4.79 Å².